The third-order valence-corrected chi connectivity index (χ3v) is 4.37. The van der Waals surface area contributed by atoms with Crippen LogP contribution in [0.3, 0.4) is 0 Å². The summed E-state index contributed by atoms with van der Waals surface area (Å²) in [7, 11) is 0. The minimum Gasteiger partial charge on any atom is -0.389 e. The highest BCUT2D eigenvalue weighted by atomic mass is 32.2. The second-order valence-electron chi connectivity index (χ2n) is 4.26. The van der Waals surface area contributed by atoms with E-state index in [2.05, 4.69) is 0 Å². The molecule has 1 atom stereocenters. The van der Waals surface area contributed by atoms with Crippen LogP contribution < -0.4 is 0 Å². The molecule has 0 saturated carbocycles. The smallest absolute Gasteiger partial charge is 0.137 e. The summed E-state index contributed by atoms with van der Waals surface area (Å²) in [5, 5.41) is 10.0. The van der Waals surface area contributed by atoms with Gasteiger partial charge in [0.15, 0.2) is 0 Å². The molecule has 17 heavy (non-hydrogen) atoms. The van der Waals surface area contributed by atoms with Crippen molar-refractivity contribution in [2.24, 2.45) is 0 Å². The van der Waals surface area contributed by atoms with Gasteiger partial charge in [-0.1, -0.05) is 12.1 Å². The van der Waals surface area contributed by atoms with E-state index in [1.165, 1.54) is 17.8 Å². The van der Waals surface area contributed by atoms with Gasteiger partial charge >= 0.3 is 0 Å². The number of aliphatic hydroxyl groups excluding tert-OH is 1. The predicted molar refractivity (Wildman–Crippen MR) is 66.7 cm³/mol. The van der Waals surface area contributed by atoms with Crippen LogP contribution in [0, 0.1) is 5.82 Å². The van der Waals surface area contributed by atoms with E-state index in [4.69, 9.17) is 4.74 Å². The van der Waals surface area contributed by atoms with Gasteiger partial charge in [-0.15, -0.1) is 11.8 Å². The molecule has 0 amide bonds. The van der Waals surface area contributed by atoms with Gasteiger partial charge in [0.2, 0.25) is 0 Å². The number of ether oxygens (including phenoxy) is 1. The van der Waals surface area contributed by atoms with E-state index in [0.717, 1.165) is 26.1 Å². The first-order valence-corrected chi connectivity index (χ1v) is 6.77. The molecule has 0 radical (unpaired) electrons. The molecule has 1 aromatic rings. The van der Waals surface area contributed by atoms with Crippen molar-refractivity contribution in [1.29, 1.82) is 0 Å². The molecule has 0 aliphatic carbocycles. The summed E-state index contributed by atoms with van der Waals surface area (Å²) in [5.74, 6) is -0.236. The fourth-order valence-corrected chi connectivity index (χ4v) is 3.26. The van der Waals surface area contributed by atoms with Gasteiger partial charge in [-0.2, -0.15) is 0 Å². The van der Waals surface area contributed by atoms with Crippen LogP contribution in [-0.2, 0) is 4.74 Å². The lowest BCUT2D eigenvalue weighted by Gasteiger charge is -2.23. The fourth-order valence-electron chi connectivity index (χ4n) is 1.94. The van der Waals surface area contributed by atoms with E-state index in [9.17, 15) is 9.50 Å². The molecular formula is C13H17FO2S. The maximum atomic E-state index is 13.8. The Balaban J connectivity index is 2.18. The molecule has 1 aromatic carbocycles. The van der Waals surface area contributed by atoms with Gasteiger partial charge in [0.1, 0.15) is 5.82 Å². The Kier molecular flexibility index (Phi) is 4.42. The van der Waals surface area contributed by atoms with E-state index in [-0.39, 0.29) is 5.82 Å². The Morgan fingerprint density at radius 3 is 2.76 bits per heavy atom. The summed E-state index contributed by atoms with van der Waals surface area (Å²) in [6, 6.07) is 4.88. The lowest BCUT2D eigenvalue weighted by atomic mass is 10.1. The second-order valence-corrected chi connectivity index (χ2v) is 5.57. The van der Waals surface area contributed by atoms with Crippen molar-refractivity contribution in [2.45, 2.75) is 36.0 Å². The van der Waals surface area contributed by atoms with Gasteiger partial charge in [-0.05, 0) is 31.4 Å². The van der Waals surface area contributed by atoms with Crippen LogP contribution in [0.1, 0.15) is 31.4 Å². The van der Waals surface area contributed by atoms with Crippen molar-refractivity contribution in [3.8, 4) is 0 Å². The number of hydrogen-bond acceptors (Lipinski definition) is 3. The van der Waals surface area contributed by atoms with E-state index in [1.54, 1.807) is 19.1 Å². The third-order valence-electron chi connectivity index (χ3n) is 2.90. The van der Waals surface area contributed by atoms with E-state index >= 15 is 0 Å². The van der Waals surface area contributed by atoms with Crippen molar-refractivity contribution in [3.05, 3.63) is 29.6 Å². The van der Waals surface area contributed by atoms with Crippen LogP contribution in [0.4, 0.5) is 4.39 Å². The van der Waals surface area contributed by atoms with E-state index in [0.29, 0.717) is 15.7 Å². The van der Waals surface area contributed by atoms with Crippen LogP contribution >= 0.6 is 11.8 Å². The molecule has 0 bridgehead atoms. The molecule has 1 heterocycles. The summed E-state index contributed by atoms with van der Waals surface area (Å²) in [4.78, 5) is 0.592. The van der Waals surface area contributed by atoms with Gasteiger partial charge in [0, 0.05) is 23.4 Å². The minimum atomic E-state index is -0.631. The van der Waals surface area contributed by atoms with Crippen molar-refractivity contribution in [3.63, 3.8) is 0 Å². The number of aliphatic hydroxyl groups is 1. The van der Waals surface area contributed by atoms with Crippen LogP contribution in [0.15, 0.2) is 23.1 Å². The number of benzene rings is 1. The van der Waals surface area contributed by atoms with Gasteiger partial charge in [0.25, 0.3) is 0 Å². The summed E-state index contributed by atoms with van der Waals surface area (Å²) >= 11 is 1.53. The summed E-state index contributed by atoms with van der Waals surface area (Å²) in [6.07, 6.45) is 1.25. The summed E-state index contributed by atoms with van der Waals surface area (Å²) < 4.78 is 19.1. The Labute approximate surface area is 105 Å². The second kappa shape index (κ2) is 5.85. The molecule has 1 saturated heterocycles. The van der Waals surface area contributed by atoms with Crippen molar-refractivity contribution < 1.29 is 14.2 Å². The highest BCUT2D eigenvalue weighted by Gasteiger charge is 2.20. The Morgan fingerprint density at radius 1 is 1.41 bits per heavy atom. The molecule has 2 rings (SSSR count). The quantitative estimate of drug-likeness (QED) is 0.901. The lowest BCUT2D eigenvalue weighted by Crippen LogP contribution is -2.17. The molecular weight excluding hydrogens is 239 g/mol. The zero-order valence-corrected chi connectivity index (χ0v) is 10.7. The molecule has 0 spiro atoms. The molecule has 0 unspecified atom stereocenters. The van der Waals surface area contributed by atoms with Crippen molar-refractivity contribution in [2.75, 3.05) is 13.2 Å². The average molecular weight is 256 g/mol. The fraction of sp³-hybridized carbons (Fsp3) is 0.538. The Morgan fingerprint density at radius 2 is 2.12 bits per heavy atom. The average Bonchev–Trinajstić information content (AvgIpc) is 2.33. The van der Waals surface area contributed by atoms with Crippen LogP contribution in [-0.4, -0.2) is 23.6 Å². The van der Waals surface area contributed by atoms with Crippen LogP contribution in [0.5, 0.6) is 0 Å². The normalized spacial score (nSPS) is 19.2. The molecule has 1 N–H and O–H groups in total. The maximum absolute atomic E-state index is 13.8. The molecule has 1 aliphatic rings. The van der Waals surface area contributed by atoms with E-state index in [1.807, 2.05) is 0 Å². The lowest BCUT2D eigenvalue weighted by molar-refractivity contribution is 0.1000. The van der Waals surface area contributed by atoms with Crippen molar-refractivity contribution in [1.82, 2.24) is 0 Å². The molecule has 4 heteroatoms. The molecule has 2 nitrogen and oxygen atoms in total. The van der Waals surface area contributed by atoms with Crippen LogP contribution in [0.25, 0.3) is 0 Å². The highest BCUT2D eigenvalue weighted by molar-refractivity contribution is 8.00. The van der Waals surface area contributed by atoms with Crippen molar-refractivity contribution >= 4 is 11.8 Å². The first kappa shape index (κ1) is 12.9. The highest BCUT2D eigenvalue weighted by Crippen LogP contribution is 2.36. The summed E-state index contributed by atoms with van der Waals surface area (Å²) in [5.41, 5.74) is 0.682. The first-order valence-electron chi connectivity index (χ1n) is 5.89. The standard InChI is InChI=1S/C13H17FO2S/c1-9(15)11-3-2-4-12(14)13(11)17-10-5-7-16-8-6-10/h2-4,9-10,15H,5-8H2,1H3/t9-/m0/s1. The molecule has 94 valence electrons. The minimum absolute atomic E-state index is 0.236. The Bertz CT molecular complexity index is 376. The monoisotopic (exact) mass is 256 g/mol. The number of hydrogen-bond donors (Lipinski definition) is 1. The number of thioether (sulfide) groups is 1. The van der Waals surface area contributed by atoms with Gasteiger partial charge in [-0.3, -0.25) is 0 Å². The predicted octanol–water partition coefficient (Wildman–Crippen LogP) is 3.15. The SMILES string of the molecule is C[C@H](O)c1cccc(F)c1SC1CCOCC1. The van der Waals surface area contributed by atoms with Gasteiger partial charge in [0.05, 0.1) is 6.10 Å². The number of halogens is 1. The van der Waals surface area contributed by atoms with Crippen LogP contribution in [0.2, 0.25) is 0 Å². The zero-order chi connectivity index (χ0) is 12.3. The largest absolute Gasteiger partial charge is 0.389 e. The molecule has 1 aliphatic heterocycles. The summed E-state index contributed by atoms with van der Waals surface area (Å²) in [6.45, 7) is 3.16. The topological polar surface area (TPSA) is 29.5 Å². The first-order chi connectivity index (χ1) is 8.18. The molecule has 0 aromatic heterocycles. The van der Waals surface area contributed by atoms with Gasteiger partial charge in [-0.25, -0.2) is 4.39 Å². The Hall–Kier alpha value is -0.580. The molecule has 1 fully saturated rings. The third kappa shape index (κ3) is 3.21. The number of rotatable bonds is 3. The maximum Gasteiger partial charge on any atom is 0.137 e. The van der Waals surface area contributed by atoms with E-state index < -0.39 is 6.10 Å². The van der Waals surface area contributed by atoms with Gasteiger partial charge < -0.3 is 9.84 Å². The zero-order valence-electron chi connectivity index (χ0n) is 9.86.